The first kappa shape index (κ1) is 9.89. The van der Waals surface area contributed by atoms with Crippen molar-refractivity contribution >= 4 is 5.78 Å². The van der Waals surface area contributed by atoms with Gasteiger partial charge >= 0.3 is 0 Å². The monoisotopic (exact) mass is 206 g/mol. The third-order valence-corrected chi connectivity index (χ3v) is 2.48. The van der Waals surface area contributed by atoms with Gasteiger partial charge in [0.1, 0.15) is 12.2 Å². The standard InChI is InChI=1S/C10H14N4O/c1-14-7-12-13-10(14)4-5-11-8-2-3-9(15)6-8/h6-7,11H,2-5H2,1H3. The SMILES string of the molecule is Cn1cnnc1CCNC1=CC(=O)CC1. The van der Waals surface area contributed by atoms with Crippen molar-refractivity contribution in [3.8, 4) is 0 Å². The van der Waals surface area contributed by atoms with Crippen LogP contribution in [0.15, 0.2) is 18.1 Å². The first-order chi connectivity index (χ1) is 7.25. The molecule has 0 spiro atoms. The molecule has 0 bridgehead atoms. The lowest BCUT2D eigenvalue weighted by Crippen LogP contribution is -2.17. The molecule has 0 fully saturated rings. The largest absolute Gasteiger partial charge is 0.388 e. The third-order valence-electron chi connectivity index (χ3n) is 2.48. The minimum Gasteiger partial charge on any atom is -0.388 e. The summed E-state index contributed by atoms with van der Waals surface area (Å²) < 4.78 is 1.90. The summed E-state index contributed by atoms with van der Waals surface area (Å²) in [6.07, 6.45) is 5.69. The molecule has 1 aliphatic carbocycles. The Labute approximate surface area is 88.2 Å². The molecule has 0 aromatic carbocycles. The predicted octanol–water partition coefficient (Wildman–Crippen LogP) is 0.194. The van der Waals surface area contributed by atoms with Crippen molar-refractivity contribution in [2.45, 2.75) is 19.3 Å². The van der Waals surface area contributed by atoms with Crippen LogP contribution in [0.4, 0.5) is 0 Å². The van der Waals surface area contributed by atoms with Crippen LogP contribution in [0.5, 0.6) is 0 Å². The normalized spacial score (nSPS) is 15.5. The van der Waals surface area contributed by atoms with E-state index in [-0.39, 0.29) is 5.78 Å². The van der Waals surface area contributed by atoms with Gasteiger partial charge in [0.25, 0.3) is 0 Å². The van der Waals surface area contributed by atoms with Crippen molar-refractivity contribution in [2.24, 2.45) is 7.05 Å². The van der Waals surface area contributed by atoms with E-state index in [0.717, 1.165) is 30.9 Å². The Morgan fingerprint density at radius 3 is 3.00 bits per heavy atom. The second kappa shape index (κ2) is 4.25. The van der Waals surface area contributed by atoms with Crippen LogP contribution in [0.3, 0.4) is 0 Å². The lowest BCUT2D eigenvalue weighted by atomic mass is 10.3. The smallest absolute Gasteiger partial charge is 0.157 e. The Kier molecular flexibility index (Phi) is 2.80. The van der Waals surface area contributed by atoms with E-state index in [1.54, 1.807) is 12.4 Å². The van der Waals surface area contributed by atoms with E-state index in [4.69, 9.17) is 0 Å². The highest BCUT2D eigenvalue weighted by molar-refractivity contribution is 5.92. The van der Waals surface area contributed by atoms with Crippen molar-refractivity contribution in [3.63, 3.8) is 0 Å². The summed E-state index contributed by atoms with van der Waals surface area (Å²) in [5.41, 5.74) is 1.04. The number of aromatic nitrogens is 3. The van der Waals surface area contributed by atoms with Crippen molar-refractivity contribution in [1.82, 2.24) is 20.1 Å². The summed E-state index contributed by atoms with van der Waals surface area (Å²) >= 11 is 0. The molecular weight excluding hydrogens is 192 g/mol. The molecule has 0 atom stereocenters. The van der Waals surface area contributed by atoms with E-state index < -0.39 is 0 Å². The zero-order chi connectivity index (χ0) is 10.7. The topological polar surface area (TPSA) is 59.8 Å². The Bertz CT molecular complexity index is 394. The summed E-state index contributed by atoms with van der Waals surface area (Å²) in [5.74, 6) is 1.17. The number of hydrogen-bond acceptors (Lipinski definition) is 4. The van der Waals surface area contributed by atoms with Crippen LogP contribution >= 0.6 is 0 Å². The fourth-order valence-electron chi connectivity index (χ4n) is 1.60. The molecular formula is C10H14N4O. The van der Waals surface area contributed by atoms with Crippen LogP contribution in [-0.4, -0.2) is 27.1 Å². The minimum absolute atomic E-state index is 0.219. The van der Waals surface area contributed by atoms with Gasteiger partial charge in [0.15, 0.2) is 5.78 Å². The molecule has 0 saturated heterocycles. The highest BCUT2D eigenvalue weighted by Crippen LogP contribution is 2.11. The van der Waals surface area contributed by atoms with Gasteiger partial charge in [-0.3, -0.25) is 4.79 Å². The molecule has 1 aromatic rings. The number of carbonyl (C=O) groups excluding carboxylic acids is 1. The predicted molar refractivity (Wildman–Crippen MR) is 55.0 cm³/mol. The van der Waals surface area contributed by atoms with Crippen LogP contribution in [0.25, 0.3) is 0 Å². The molecule has 80 valence electrons. The van der Waals surface area contributed by atoms with Gasteiger partial charge in [-0.15, -0.1) is 10.2 Å². The summed E-state index contributed by atoms with van der Waals surface area (Å²) in [6, 6.07) is 0. The number of aryl methyl sites for hydroxylation is 1. The van der Waals surface area contributed by atoms with E-state index in [0.29, 0.717) is 6.42 Å². The average Bonchev–Trinajstić information content (AvgIpc) is 2.77. The minimum atomic E-state index is 0.219. The Balaban J connectivity index is 1.78. The van der Waals surface area contributed by atoms with Crippen molar-refractivity contribution < 1.29 is 4.79 Å². The van der Waals surface area contributed by atoms with Crippen LogP contribution in [0.2, 0.25) is 0 Å². The Hall–Kier alpha value is -1.65. The third kappa shape index (κ3) is 2.43. The van der Waals surface area contributed by atoms with Gasteiger partial charge in [-0.05, 0) is 6.42 Å². The lowest BCUT2D eigenvalue weighted by molar-refractivity contribution is -0.114. The van der Waals surface area contributed by atoms with Gasteiger partial charge in [0.05, 0.1) is 0 Å². The number of ketones is 1. The fraction of sp³-hybridized carbons (Fsp3) is 0.500. The van der Waals surface area contributed by atoms with E-state index in [2.05, 4.69) is 15.5 Å². The fourth-order valence-corrected chi connectivity index (χ4v) is 1.60. The van der Waals surface area contributed by atoms with Gasteiger partial charge < -0.3 is 9.88 Å². The van der Waals surface area contributed by atoms with Crippen LogP contribution in [0.1, 0.15) is 18.7 Å². The molecule has 0 radical (unpaired) electrons. The van der Waals surface area contributed by atoms with Crippen LogP contribution in [0, 0.1) is 0 Å². The second-order valence-electron chi connectivity index (χ2n) is 3.67. The molecule has 2 rings (SSSR count). The second-order valence-corrected chi connectivity index (χ2v) is 3.67. The molecule has 0 saturated carbocycles. The van der Waals surface area contributed by atoms with E-state index >= 15 is 0 Å². The number of carbonyl (C=O) groups is 1. The summed E-state index contributed by atoms with van der Waals surface area (Å²) in [5, 5.41) is 11.0. The Morgan fingerprint density at radius 1 is 1.53 bits per heavy atom. The van der Waals surface area contributed by atoms with Gasteiger partial charge in [-0.2, -0.15) is 0 Å². The molecule has 5 nitrogen and oxygen atoms in total. The molecule has 5 heteroatoms. The first-order valence-corrected chi connectivity index (χ1v) is 5.06. The number of rotatable bonds is 4. The van der Waals surface area contributed by atoms with Gasteiger partial charge in [0, 0.05) is 38.2 Å². The molecule has 1 aromatic heterocycles. The van der Waals surface area contributed by atoms with Crippen molar-refractivity contribution in [1.29, 1.82) is 0 Å². The van der Waals surface area contributed by atoms with Gasteiger partial charge in [-0.1, -0.05) is 0 Å². The van der Waals surface area contributed by atoms with Gasteiger partial charge in [0.2, 0.25) is 0 Å². The van der Waals surface area contributed by atoms with Gasteiger partial charge in [-0.25, -0.2) is 0 Å². The average molecular weight is 206 g/mol. The maximum absolute atomic E-state index is 11.0. The quantitative estimate of drug-likeness (QED) is 0.764. The summed E-state index contributed by atoms with van der Waals surface area (Å²) in [4.78, 5) is 11.0. The van der Waals surface area contributed by atoms with Crippen LogP contribution < -0.4 is 5.32 Å². The summed E-state index contributed by atoms with van der Waals surface area (Å²) in [6.45, 7) is 0.797. The molecule has 0 amide bonds. The molecule has 15 heavy (non-hydrogen) atoms. The molecule has 1 N–H and O–H groups in total. The molecule has 0 unspecified atom stereocenters. The molecule has 0 aliphatic heterocycles. The van der Waals surface area contributed by atoms with Crippen molar-refractivity contribution in [2.75, 3.05) is 6.54 Å². The van der Waals surface area contributed by atoms with E-state index in [9.17, 15) is 4.79 Å². The number of hydrogen-bond donors (Lipinski definition) is 1. The van der Waals surface area contributed by atoms with Crippen molar-refractivity contribution in [3.05, 3.63) is 23.9 Å². The zero-order valence-electron chi connectivity index (χ0n) is 8.73. The number of nitrogens with zero attached hydrogens (tertiary/aromatic N) is 3. The molecule has 1 heterocycles. The maximum Gasteiger partial charge on any atom is 0.157 e. The highest BCUT2D eigenvalue weighted by Gasteiger charge is 2.11. The maximum atomic E-state index is 11.0. The van der Waals surface area contributed by atoms with Crippen LogP contribution in [-0.2, 0) is 18.3 Å². The van der Waals surface area contributed by atoms with E-state index in [1.807, 2.05) is 11.6 Å². The zero-order valence-corrected chi connectivity index (χ0v) is 8.73. The van der Waals surface area contributed by atoms with E-state index in [1.165, 1.54) is 0 Å². The Morgan fingerprint density at radius 2 is 2.40 bits per heavy atom. The first-order valence-electron chi connectivity index (χ1n) is 5.06. The molecule has 1 aliphatic rings. The summed E-state index contributed by atoms with van der Waals surface area (Å²) in [7, 11) is 1.92. The number of allylic oxidation sites excluding steroid dienone is 2. The number of nitrogens with one attached hydrogen (secondary N) is 1. The lowest BCUT2D eigenvalue weighted by Gasteiger charge is -2.05. The highest BCUT2D eigenvalue weighted by atomic mass is 16.1.